The van der Waals surface area contributed by atoms with Gasteiger partial charge in [-0.3, -0.25) is 5.43 Å². The summed E-state index contributed by atoms with van der Waals surface area (Å²) in [4.78, 5) is 0. The molecule has 0 amide bonds. The summed E-state index contributed by atoms with van der Waals surface area (Å²) in [5, 5.41) is 7.57. The minimum Gasteiger partial charge on any atom is -0.493 e. The highest BCUT2D eigenvalue weighted by atomic mass is 32.1. The first-order valence-corrected chi connectivity index (χ1v) is 8.57. The highest BCUT2D eigenvalue weighted by Gasteiger charge is 2.05. The SMILES string of the molecule is CCCOc1ccc(/C=N/NC(=S)NCCOC)c(OCCC)c1. The number of hydrogen-bond acceptors (Lipinski definition) is 5. The van der Waals surface area contributed by atoms with Crippen molar-refractivity contribution in [2.45, 2.75) is 26.7 Å². The van der Waals surface area contributed by atoms with Gasteiger partial charge in [-0.1, -0.05) is 13.8 Å². The minimum atomic E-state index is 0.447. The van der Waals surface area contributed by atoms with Gasteiger partial charge < -0.3 is 19.5 Å². The molecule has 2 N–H and O–H groups in total. The van der Waals surface area contributed by atoms with Gasteiger partial charge in [0.1, 0.15) is 11.5 Å². The van der Waals surface area contributed by atoms with Crippen molar-refractivity contribution < 1.29 is 14.2 Å². The van der Waals surface area contributed by atoms with Crippen molar-refractivity contribution in [3.63, 3.8) is 0 Å². The molecule has 0 aliphatic carbocycles. The van der Waals surface area contributed by atoms with Gasteiger partial charge in [-0.15, -0.1) is 0 Å². The van der Waals surface area contributed by atoms with Crippen LogP contribution in [0.1, 0.15) is 32.3 Å². The summed E-state index contributed by atoms with van der Waals surface area (Å²) >= 11 is 5.11. The second-order valence-electron chi connectivity index (χ2n) is 5.02. The standard InChI is InChI=1S/C17H27N3O3S/c1-4-9-22-15-7-6-14(16(12-15)23-10-5-2)13-19-20-17(24)18-8-11-21-3/h6-7,12-13H,4-5,8-11H2,1-3H3,(H2,18,20,24)/b19-13+. The van der Waals surface area contributed by atoms with Gasteiger partial charge in [-0.2, -0.15) is 5.10 Å². The van der Waals surface area contributed by atoms with E-state index in [0.29, 0.717) is 31.5 Å². The molecule has 1 aromatic carbocycles. The molecule has 0 radical (unpaired) electrons. The molecule has 0 unspecified atom stereocenters. The average molecular weight is 353 g/mol. The Kier molecular flexibility index (Phi) is 10.6. The zero-order valence-corrected chi connectivity index (χ0v) is 15.4. The smallest absolute Gasteiger partial charge is 0.187 e. The Morgan fingerprint density at radius 2 is 1.92 bits per heavy atom. The van der Waals surface area contributed by atoms with Gasteiger partial charge in [-0.25, -0.2) is 0 Å². The Morgan fingerprint density at radius 1 is 1.17 bits per heavy atom. The molecule has 0 aliphatic rings. The second-order valence-corrected chi connectivity index (χ2v) is 5.42. The quantitative estimate of drug-likeness (QED) is 0.276. The van der Waals surface area contributed by atoms with Crippen molar-refractivity contribution in [1.29, 1.82) is 0 Å². The lowest BCUT2D eigenvalue weighted by molar-refractivity contribution is 0.204. The van der Waals surface area contributed by atoms with E-state index in [1.165, 1.54) is 0 Å². The van der Waals surface area contributed by atoms with Crippen LogP contribution in [0.15, 0.2) is 23.3 Å². The zero-order valence-electron chi connectivity index (χ0n) is 14.6. The first-order valence-electron chi connectivity index (χ1n) is 8.16. The Balaban J connectivity index is 2.66. The van der Waals surface area contributed by atoms with E-state index in [-0.39, 0.29) is 0 Å². The lowest BCUT2D eigenvalue weighted by Gasteiger charge is -2.11. The van der Waals surface area contributed by atoms with Crippen molar-refractivity contribution >= 4 is 23.5 Å². The molecular weight excluding hydrogens is 326 g/mol. The Morgan fingerprint density at radius 3 is 2.62 bits per heavy atom. The fourth-order valence-electron chi connectivity index (χ4n) is 1.73. The summed E-state index contributed by atoms with van der Waals surface area (Å²) in [5.74, 6) is 1.54. The van der Waals surface area contributed by atoms with E-state index in [0.717, 1.165) is 29.9 Å². The number of hydrazone groups is 1. The molecule has 0 atom stereocenters. The van der Waals surface area contributed by atoms with Crippen LogP contribution in [-0.4, -0.2) is 44.8 Å². The third kappa shape index (κ3) is 8.12. The lowest BCUT2D eigenvalue weighted by atomic mass is 10.2. The monoisotopic (exact) mass is 353 g/mol. The highest BCUT2D eigenvalue weighted by Crippen LogP contribution is 2.24. The van der Waals surface area contributed by atoms with E-state index in [2.05, 4.69) is 29.7 Å². The summed E-state index contributed by atoms with van der Waals surface area (Å²) in [5.41, 5.74) is 3.63. The van der Waals surface area contributed by atoms with Crippen molar-refractivity contribution in [3.8, 4) is 11.5 Å². The number of benzene rings is 1. The fraction of sp³-hybridized carbons (Fsp3) is 0.529. The van der Waals surface area contributed by atoms with Crippen LogP contribution in [0.4, 0.5) is 0 Å². The second kappa shape index (κ2) is 12.5. The summed E-state index contributed by atoms with van der Waals surface area (Å²) in [6, 6.07) is 5.72. The van der Waals surface area contributed by atoms with E-state index in [9.17, 15) is 0 Å². The number of methoxy groups -OCH3 is 1. The average Bonchev–Trinajstić information content (AvgIpc) is 2.59. The molecule has 0 saturated carbocycles. The van der Waals surface area contributed by atoms with E-state index in [4.69, 9.17) is 26.4 Å². The molecule has 0 aromatic heterocycles. The number of hydrogen-bond donors (Lipinski definition) is 2. The van der Waals surface area contributed by atoms with Crippen molar-refractivity contribution in [2.75, 3.05) is 33.5 Å². The highest BCUT2D eigenvalue weighted by molar-refractivity contribution is 7.80. The first kappa shape index (κ1) is 20.2. The van der Waals surface area contributed by atoms with Crippen molar-refractivity contribution in [1.82, 2.24) is 10.7 Å². The molecule has 1 aromatic rings. The van der Waals surface area contributed by atoms with Crippen LogP contribution >= 0.6 is 12.2 Å². The fourth-order valence-corrected chi connectivity index (χ4v) is 1.89. The molecule has 134 valence electrons. The largest absolute Gasteiger partial charge is 0.493 e. The number of nitrogens with one attached hydrogen (secondary N) is 2. The van der Waals surface area contributed by atoms with E-state index in [1.54, 1.807) is 13.3 Å². The molecule has 24 heavy (non-hydrogen) atoms. The third-order valence-corrected chi connectivity index (χ3v) is 3.12. The van der Waals surface area contributed by atoms with E-state index < -0.39 is 0 Å². The molecule has 0 saturated heterocycles. The van der Waals surface area contributed by atoms with Crippen LogP contribution in [0, 0.1) is 0 Å². The Hall–Kier alpha value is -1.86. The van der Waals surface area contributed by atoms with Crippen LogP contribution in [0.2, 0.25) is 0 Å². The molecule has 6 nitrogen and oxygen atoms in total. The maximum Gasteiger partial charge on any atom is 0.187 e. The maximum absolute atomic E-state index is 5.78. The molecule has 0 aliphatic heterocycles. The third-order valence-electron chi connectivity index (χ3n) is 2.88. The molecular formula is C17H27N3O3S. The summed E-state index contributed by atoms with van der Waals surface area (Å²) in [7, 11) is 1.64. The first-order chi connectivity index (χ1) is 11.7. The summed E-state index contributed by atoms with van der Waals surface area (Å²) in [6.45, 7) is 6.68. The maximum atomic E-state index is 5.78. The molecule has 0 heterocycles. The minimum absolute atomic E-state index is 0.447. The zero-order chi connectivity index (χ0) is 17.6. The molecule has 0 spiro atoms. The Bertz CT molecular complexity index is 524. The molecule has 7 heteroatoms. The van der Waals surface area contributed by atoms with Gasteiger partial charge >= 0.3 is 0 Å². The Labute approximate surface area is 149 Å². The van der Waals surface area contributed by atoms with Gasteiger partial charge in [0.05, 0.1) is 26.0 Å². The van der Waals surface area contributed by atoms with Gasteiger partial charge in [-0.05, 0) is 37.2 Å². The van der Waals surface area contributed by atoms with Gasteiger partial charge in [0.15, 0.2) is 5.11 Å². The molecule has 0 bridgehead atoms. The lowest BCUT2D eigenvalue weighted by Crippen LogP contribution is -2.34. The normalized spacial score (nSPS) is 10.6. The van der Waals surface area contributed by atoms with Gasteiger partial charge in [0, 0.05) is 25.3 Å². The van der Waals surface area contributed by atoms with Gasteiger partial charge in [0.2, 0.25) is 0 Å². The van der Waals surface area contributed by atoms with Crippen molar-refractivity contribution in [3.05, 3.63) is 23.8 Å². The summed E-state index contributed by atoms with van der Waals surface area (Å²) < 4.78 is 16.4. The van der Waals surface area contributed by atoms with Crippen LogP contribution in [0.25, 0.3) is 0 Å². The van der Waals surface area contributed by atoms with Crippen molar-refractivity contribution in [2.24, 2.45) is 5.10 Å². The molecule has 0 fully saturated rings. The molecule has 1 rings (SSSR count). The van der Waals surface area contributed by atoms with E-state index >= 15 is 0 Å². The number of thiocarbonyl (C=S) groups is 1. The topological polar surface area (TPSA) is 64.1 Å². The number of ether oxygens (including phenoxy) is 3. The van der Waals surface area contributed by atoms with Crippen LogP contribution in [0.3, 0.4) is 0 Å². The van der Waals surface area contributed by atoms with Crippen LogP contribution in [-0.2, 0) is 4.74 Å². The van der Waals surface area contributed by atoms with Gasteiger partial charge in [0.25, 0.3) is 0 Å². The van der Waals surface area contributed by atoms with E-state index in [1.807, 2.05) is 18.2 Å². The van der Waals surface area contributed by atoms with Crippen LogP contribution in [0.5, 0.6) is 11.5 Å². The number of rotatable bonds is 11. The predicted molar refractivity (Wildman–Crippen MR) is 101 cm³/mol. The van der Waals surface area contributed by atoms with Crippen LogP contribution < -0.4 is 20.2 Å². The number of nitrogens with zero attached hydrogens (tertiary/aromatic N) is 1. The predicted octanol–water partition coefficient (Wildman–Crippen LogP) is 2.71. The summed E-state index contributed by atoms with van der Waals surface area (Å²) in [6.07, 6.45) is 3.58.